The molecule has 2 aliphatic rings. The van der Waals surface area contributed by atoms with Crippen LogP contribution in [-0.4, -0.2) is 23.4 Å². The van der Waals surface area contributed by atoms with Gasteiger partial charge in [-0.2, -0.15) is 0 Å². The summed E-state index contributed by atoms with van der Waals surface area (Å²) in [7, 11) is 0. The van der Waals surface area contributed by atoms with Crippen molar-refractivity contribution in [1.82, 2.24) is 4.90 Å². The third-order valence-electron chi connectivity index (χ3n) is 4.48. The summed E-state index contributed by atoms with van der Waals surface area (Å²) in [5.74, 6) is 0.205. The second-order valence-corrected chi connectivity index (χ2v) is 7.14. The van der Waals surface area contributed by atoms with Gasteiger partial charge in [-0.25, -0.2) is 0 Å². The predicted molar refractivity (Wildman–Crippen MR) is 90.5 cm³/mol. The van der Waals surface area contributed by atoms with Crippen molar-refractivity contribution in [2.45, 2.75) is 38.3 Å². The molecule has 2 heterocycles. The second-order valence-electron chi connectivity index (χ2n) is 6.11. The molecule has 1 N–H and O–H groups in total. The Morgan fingerprint density at radius 3 is 2.95 bits per heavy atom. The van der Waals surface area contributed by atoms with E-state index in [4.69, 9.17) is 0 Å². The molecule has 0 unspecified atom stereocenters. The Bertz CT molecular complexity index is 676. The van der Waals surface area contributed by atoms with Gasteiger partial charge in [0.05, 0.1) is 6.54 Å². The predicted octanol–water partition coefficient (Wildman–Crippen LogP) is 3.91. The maximum atomic E-state index is 13.1. The van der Waals surface area contributed by atoms with E-state index in [0.717, 1.165) is 50.0 Å². The van der Waals surface area contributed by atoms with Gasteiger partial charge in [0.25, 0.3) is 5.91 Å². The molecule has 1 aromatic heterocycles. The molecule has 2 aromatic rings. The van der Waals surface area contributed by atoms with Crippen molar-refractivity contribution in [1.29, 1.82) is 0 Å². The molecule has 0 radical (unpaired) electrons. The molecule has 114 valence electrons. The number of carbonyl (C=O) groups is 1. The van der Waals surface area contributed by atoms with E-state index in [0.29, 0.717) is 6.04 Å². The number of anilines is 1. The average Bonchev–Trinajstić information content (AvgIpc) is 3.27. The van der Waals surface area contributed by atoms with Crippen molar-refractivity contribution in [3.8, 4) is 0 Å². The zero-order valence-corrected chi connectivity index (χ0v) is 13.4. The van der Waals surface area contributed by atoms with Crippen molar-refractivity contribution >= 4 is 22.9 Å². The molecule has 0 saturated heterocycles. The van der Waals surface area contributed by atoms with Crippen LogP contribution in [0.5, 0.6) is 0 Å². The zero-order chi connectivity index (χ0) is 14.9. The molecule has 3 nitrogen and oxygen atoms in total. The van der Waals surface area contributed by atoms with Crippen molar-refractivity contribution in [3.05, 3.63) is 51.7 Å². The highest BCUT2D eigenvalue weighted by molar-refractivity contribution is 7.09. The van der Waals surface area contributed by atoms with Crippen LogP contribution in [0.1, 0.15) is 40.1 Å². The van der Waals surface area contributed by atoms with E-state index in [9.17, 15) is 4.79 Å². The van der Waals surface area contributed by atoms with Gasteiger partial charge in [-0.3, -0.25) is 4.79 Å². The van der Waals surface area contributed by atoms with Gasteiger partial charge in [0.1, 0.15) is 0 Å². The van der Waals surface area contributed by atoms with Crippen LogP contribution >= 0.6 is 11.3 Å². The third kappa shape index (κ3) is 2.63. The molecule has 0 spiro atoms. The first-order valence-corrected chi connectivity index (χ1v) is 8.90. The van der Waals surface area contributed by atoms with Gasteiger partial charge in [0.2, 0.25) is 0 Å². The maximum Gasteiger partial charge on any atom is 0.254 e. The lowest BCUT2D eigenvalue weighted by Gasteiger charge is -2.26. The van der Waals surface area contributed by atoms with Gasteiger partial charge < -0.3 is 10.2 Å². The molecule has 1 amide bonds. The number of benzene rings is 1. The fraction of sp³-hybridized carbons (Fsp3) is 0.389. The Hall–Kier alpha value is -1.81. The van der Waals surface area contributed by atoms with Gasteiger partial charge in [-0.15, -0.1) is 11.3 Å². The lowest BCUT2D eigenvalue weighted by molar-refractivity contribution is 0.0730. The van der Waals surface area contributed by atoms with Crippen LogP contribution in [0.2, 0.25) is 0 Å². The molecular weight excluding hydrogens is 292 g/mol. The lowest BCUT2D eigenvalue weighted by atomic mass is 9.96. The minimum Gasteiger partial charge on any atom is -0.385 e. The molecule has 4 heteroatoms. The van der Waals surface area contributed by atoms with E-state index in [-0.39, 0.29) is 5.91 Å². The van der Waals surface area contributed by atoms with E-state index in [2.05, 4.69) is 33.8 Å². The monoisotopic (exact) mass is 312 g/mol. The highest BCUT2D eigenvalue weighted by Gasteiger charge is 2.34. The molecule has 1 aliphatic heterocycles. The number of fused-ring (bicyclic) bond motifs is 1. The first-order valence-electron chi connectivity index (χ1n) is 8.02. The van der Waals surface area contributed by atoms with Crippen LogP contribution in [0.3, 0.4) is 0 Å². The fourth-order valence-electron chi connectivity index (χ4n) is 3.19. The molecule has 0 bridgehead atoms. The molecule has 1 saturated carbocycles. The third-order valence-corrected chi connectivity index (χ3v) is 5.34. The Kier molecular flexibility index (Phi) is 3.62. The minimum atomic E-state index is 0.205. The number of amides is 1. The van der Waals surface area contributed by atoms with Crippen molar-refractivity contribution in [2.75, 3.05) is 11.9 Å². The zero-order valence-electron chi connectivity index (χ0n) is 12.5. The Balaban J connectivity index is 1.64. The number of rotatable bonds is 4. The number of hydrogen-bond donors (Lipinski definition) is 1. The van der Waals surface area contributed by atoms with Crippen LogP contribution < -0.4 is 5.32 Å². The van der Waals surface area contributed by atoms with Gasteiger partial charge in [0, 0.05) is 28.7 Å². The van der Waals surface area contributed by atoms with Crippen LogP contribution in [0.15, 0.2) is 35.7 Å². The first-order chi connectivity index (χ1) is 10.8. The topological polar surface area (TPSA) is 32.3 Å². The lowest BCUT2D eigenvalue weighted by Crippen LogP contribution is -2.33. The molecule has 0 atom stereocenters. The van der Waals surface area contributed by atoms with Crippen LogP contribution in [0.4, 0.5) is 5.69 Å². The summed E-state index contributed by atoms with van der Waals surface area (Å²) in [4.78, 5) is 16.5. The summed E-state index contributed by atoms with van der Waals surface area (Å²) in [6, 6.07) is 10.7. The van der Waals surface area contributed by atoms with Crippen molar-refractivity contribution in [2.24, 2.45) is 0 Å². The van der Waals surface area contributed by atoms with Gasteiger partial charge in [-0.1, -0.05) is 12.1 Å². The first kappa shape index (κ1) is 13.8. The van der Waals surface area contributed by atoms with Crippen LogP contribution in [0, 0.1) is 0 Å². The van der Waals surface area contributed by atoms with E-state index in [1.165, 1.54) is 10.4 Å². The number of hydrogen-bond acceptors (Lipinski definition) is 3. The maximum absolute atomic E-state index is 13.1. The smallest absolute Gasteiger partial charge is 0.254 e. The standard InChI is InChI=1S/C18H20N2OS/c21-18(16-5-1-7-17-15(16)6-2-10-19-17)20(13-8-9-13)12-14-4-3-11-22-14/h1,3-5,7,11,13,19H,2,6,8-10,12H2. The quantitative estimate of drug-likeness (QED) is 0.928. The number of thiophene rings is 1. The van der Waals surface area contributed by atoms with E-state index >= 15 is 0 Å². The molecule has 1 aromatic carbocycles. The second kappa shape index (κ2) is 5.76. The summed E-state index contributed by atoms with van der Waals surface area (Å²) in [5, 5.41) is 5.50. The molecule has 4 rings (SSSR count). The summed E-state index contributed by atoms with van der Waals surface area (Å²) in [6.45, 7) is 1.75. The van der Waals surface area contributed by atoms with Crippen LogP contribution in [-0.2, 0) is 13.0 Å². The fourth-order valence-corrected chi connectivity index (χ4v) is 3.89. The number of carbonyl (C=O) groups excluding carboxylic acids is 1. The molecular formula is C18H20N2OS. The molecule has 22 heavy (non-hydrogen) atoms. The Morgan fingerprint density at radius 2 is 2.18 bits per heavy atom. The largest absolute Gasteiger partial charge is 0.385 e. The minimum absolute atomic E-state index is 0.205. The summed E-state index contributed by atoms with van der Waals surface area (Å²) >= 11 is 1.73. The molecule has 1 aliphatic carbocycles. The van der Waals surface area contributed by atoms with Gasteiger partial charge in [0.15, 0.2) is 0 Å². The summed E-state index contributed by atoms with van der Waals surface area (Å²) in [5.41, 5.74) is 3.24. The van der Waals surface area contributed by atoms with E-state index in [1.54, 1.807) is 11.3 Å². The SMILES string of the molecule is O=C(c1cccc2c1CCCN2)N(Cc1cccs1)C1CC1. The van der Waals surface area contributed by atoms with Crippen LogP contribution in [0.25, 0.3) is 0 Å². The van der Waals surface area contributed by atoms with E-state index in [1.807, 2.05) is 12.1 Å². The molecule has 1 fully saturated rings. The summed E-state index contributed by atoms with van der Waals surface area (Å²) in [6.07, 6.45) is 4.39. The summed E-state index contributed by atoms with van der Waals surface area (Å²) < 4.78 is 0. The normalized spacial score (nSPS) is 16.7. The van der Waals surface area contributed by atoms with Crippen molar-refractivity contribution < 1.29 is 4.79 Å². The Labute approximate surface area is 135 Å². The number of nitrogens with zero attached hydrogens (tertiary/aromatic N) is 1. The number of nitrogens with one attached hydrogen (secondary N) is 1. The highest BCUT2D eigenvalue weighted by atomic mass is 32.1. The van der Waals surface area contributed by atoms with E-state index < -0.39 is 0 Å². The van der Waals surface area contributed by atoms with Gasteiger partial charge >= 0.3 is 0 Å². The average molecular weight is 312 g/mol. The van der Waals surface area contributed by atoms with Crippen molar-refractivity contribution in [3.63, 3.8) is 0 Å². The highest BCUT2D eigenvalue weighted by Crippen LogP contribution is 2.33. The van der Waals surface area contributed by atoms with Gasteiger partial charge in [-0.05, 0) is 54.8 Å². The Morgan fingerprint density at radius 1 is 1.27 bits per heavy atom.